The van der Waals surface area contributed by atoms with E-state index in [-0.39, 0.29) is 0 Å². The molecule has 1 aromatic heterocycles. The van der Waals surface area contributed by atoms with Crippen molar-refractivity contribution in [1.82, 2.24) is 14.7 Å². The first-order chi connectivity index (χ1) is 7.41. The van der Waals surface area contributed by atoms with E-state index < -0.39 is 0 Å². The van der Waals surface area contributed by atoms with Gasteiger partial charge in [0.2, 0.25) is 0 Å². The lowest BCUT2D eigenvalue weighted by atomic mass is 10.3. The lowest BCUT2D eigenvalue weighted by molar-refractivity contribution is 0.313. The van der Waals surface area contributed by atoms with Crippen molar-refractivity contribution in [2.75, 3.05) is 13.6 Å². The number of aromatic nitrogens is 2. The number of hydrogen-bond donors (Lipinski definition) is 0. The molecule has 0 bridgehead atoms. The summed E-state index contributed by atoms with van der Waals surface area (Å²) < 4.78 is 1.87. The molecule has 0 N–H and O–H groups in total. The molecule has 0 fully saturated rings. The van der Waals surface area contributed by atoms with E-state index >= 15 is 0 Å². The fourth-order valence-electron chi connectivity index (χ4n) is 1.58. The molecular weight excluding hydrogens is 289 g/mol. The summed E-state index contributed by atoms with van der Waals surface area (Å²) in [7, 11) is 4.04. The molecule has 0 aromatic carbocycles. The molecule has 0 radical (unpaired) electrons. The van der Waals surface area contributed by atoms with Gasteiger partial charge in [-0.05, 0) is 26.9 Å². The van der Waals surface area contributed by atoms with Crippen LogP contribution in [-0.4, -0.2) is 33.1 Å². The summed E-state index contributed by atoms with van der Waals surface area (Å²) in [6, 6.07) is 0. The van der Waals surface area contributed by atoms with E-state index in [0.717, 1.165) is 35.9 Å². The van der Waals surface area contributed by atoms with Crippen molar-refractivity contribution in [3.05, 3.63) is 16.4 Å². The molecular formula is C11H19BrClN3. The zero-order valence-corrected chi connectivity index (χ0v) is 12.6. The van der Waals surface area contributed by atoms with Crippen molar-refractivity contribution in [2.24, 2.45) is 7.05 Å². The maximum Gasteiger partial charge on any atom is 0.0860 e. The Morgan fingerprint density at radius 1 is 1.56 bits per heavy atom. The molecule has 0 aliphatic rings. The van der Waals surface area contributed by atoms with Gasteiger partial charge in [0, 0.05) is 18.4 Å². The third kappa shape index (κ3) is 3.75. The van der Waals surface area contributed by atoms with Gasteiger partial charge in [-0.25, -0.2) is 0 Å². The molecule has 1 atom stereocenters. The van der Waals surface area contributed by atoms with Gasteiger partial charge in [0.15, 0.2) is 0 Å². The number of aryl methyl sites for hydroxylation is 2. The topological polar surface area (TPSA) is 21.1 Å². The van der Waals surface area contributed by atoms with E-state index in [0.29, 0.717) is 4.83 Å². The number of nitrogens with zero attached hydrogens (tertiary/aromatic N) is 3. The van der Waals surface area contributed by atoms with Gasteiger partial charge in [0.1, 0.15) is 0 Å². The predicted octanol–water partition coefficient (Wildman–Crippen LogP) is 2.99. The second-order valence-electron chi connectivity index (χ2n) is 4.28. The fourth-order valence-corrected chi connectivity index (χ4v) is 2.01. The summed E-state index contributed by atoms with van der Waals surface area (Å²) in [5.74, 6) is 0. The summed E-state index contributed by atoms with van der Waals surface area (Å²) in [6.45, 7) is 5.99. The first kappa shape index (κ1) is 14.0. The molecule has 16 heavy (non-hydrogen) atoms. The zero-order chi connectivity index (χ0) is 12.3. The second kappa shape index (κ2) is 6.03. The third-order valence-electron chi connectivity index (χ3n) is 2.59. The largest absolute Gasteiger partial charge is 0.300 e. The van der Waals surface area contributed by atoms with Crippen LogP contribution in [0.15, 0.2) is 0 Å². The summed E-state index contributed by atoms with van der Waals surface area (Å²) in [5, 5.41) is 5.10. The maximum absolute atomic E-state index is 6.20. The lowest BCUT2D eigenvalue weighted by Crippen LogP contribution is -2.22. The minimum Gasteiger partial charge on any atom is -0.300 e. The molecule has 0 spiro atoms. The fraction of sp³-hybridized carbons (Fsp3) is 0.727. The Balaban J connectivity index is 2.59. The molecule has 92 valence electrons. The average molecular weight is 309 g/mol. The first-order valence-corrected chi connectivity index (χ1v) is 6.71. The van der Waals surface area contributed by atoms with E-state index in [2.05, 4.69) is 39.9 Å². The number of halogens is 2. The van der Waals surface area contributed by atoms with Crippen molar-refractivity contribution in [2.45, 2.75) is 31.6 Å². The highest BCUT2D eigenvalue weighted by atomic mass is 79.9. The zero-order valence-electron chi connectivity index (χ0n) is 10.3. The van der Waals surface area contributed by atoms with Crippen LogP contribution in [0.3, 0.4) is 0 Å². The van der Waals surface area contributed by atoms with Crippen LogP contribution < -0.4 is 0 Å². The van der Waals surface area contributed by atoms with E-state index in [4.69, 9.17) is 11.6 Å². The van der Waals surface area contributed by atoms with Gasteiger partial charge in [-0.3, -0.25) is 4.68 Å². The highest BCUT2D eigenvalue weighted by Crippen LogP contribution is 2.20. The Kier molecular flexibility index (Phi) is 5.28. The Morgan fingerprint density at radius 2 is 2.19 bits per heavy atom. The van der Waals surface area contributed by atoms with Crippen molar-refractivity contribution >= 4 is 27.5 Å². The Hall–Kier alpha value is -0.0600. The Labute approximate surface area is 111 Å². The van der Waals surface area contributed by atoms with E-state index in [1.165, 1.54) is 0 Å². The van der Waals surface area contributed by atoms with Gasteiger partial charge in [-0.1, -0.05) is 34.5 Å². The molecule has 0 saturated heterocycles. The summed E-state index contributed by atoms with van der Waals surface area (Å²) in [4.78, 5) is 2.82. The van der Waals surface area contributed by atoms with E-state index in [1.54, 1.807) is 0 Å². The molecule has 0 saturated carbocycles. The van der Waals surface area contributed by atoms with Gasteiger partial charge >= 0.3 is 0 Å². The summed E-state index contributed by atoms with van der Waals surface area (Å²) >= 11 is 9.75. The highest BCUT2D eigenvalue weighted by molar-refractivity contribution is 9.09. The molecule has 0 aliphatic carbocycles. The van der Waals surface area contributed by atoms with Crippen LogP contribution in [0.2, 0.25) is 5.02 Å². The lowest BCUT2D eigenvalue weighted by Gasteiger charge is -2.17. The number of alkyl halides is 1. The average Bonchev–Trinajstić information content (AvgIpc) is 2.42. The molecule has 1 aromatic rings. The molecule has 1 rings (SSSR count). The monoisotopic (exact) mass is 307 g/mol. The molecule has 3 nitrogen and oxygen atoms in total. The van der Waals surface area contributed by atoms with Crippen LogP contribution in [0.25, 0.3) is 0 Å². The SMILES string of the molecule is Cc1nn(C)c(CN(C)CCC(C)Br)c1Cl. The number of hydrogen-bond acceptors (Lipinski definition) is 2. The second-order valence-corrected chi connectivity index (χ2v) is 6.22. The number of rotatable bonds is 5. The minimum absolute atomic E-state index is 0.554. The molecule has 1 unspecified atom stereocenters. The molecule has 5 heteroatoms. The van der Waals surface area contributed by atoms with Gasteiger partial charge in [-0.2, -0.15) is 5.10 Å². The standard InChI is InChI=1S/C11H19BrClN3/c1-8(12)5-6-15(3)7-10-11(13)9(2)14-16(10)4/h8H,5-7H2,1-4H3. The smallest absolute Gasteiger partial charge is 0.0860 e. The minimum atomic E-state index is 0.554. The van der Waals surface area contributed by atoms with Crippen LogP contribution in [0.5, 0.6) is 0 Å². The highest BCUT2D eigenvalue weighted by Gasteiger charge is 2.13. The van der Waals surface area contributed by atoms with E-state index in [9.17, 15) is 0 Å². The molecule has 1 heterocycles. The van der Waals surface area contributed by atoms with Crippen LogP contribution >= 0.6 is 27.5 Å². The predicted molar refractivity (Wildman–Crippen MR) is 72.3 cm³/mol. The van der Waals surface area contributed by atoms with Crippen LogP contribution in [-0.2, 0) is 13.6 Å². The third-order valence-corrected chi connectivity index (χ3v) is 3.54. The van der Waals surface area contributed by atoms with Crippen molar-refractivity contribution in [3.63, 3.8) is 0 Å². The van der Waals surface area contributed by atoms with Gasteiger partial charge in [0.05, 0.1) is 16.4 Å². The molecule has 0 aliphatic heterocycles. The van der Waals surface area contributed by atoms with Crippen molar-refractivity contribution in [1.29, 1.82) is 0 Å². The quantitative estimate of drug-likeness (QED) is 0.780. The van der Waals surface area contributed by atoms with E-state index in [1.807, 2.05) is 18.7 Å². The Bertz CT molecular complexity index is 349. The molecule has 0 amide bonds. The van der Waals surface area contributed by atoms with Crippen molar-refractivity contribution < 1.29 is 0 Å². The van der Waals surface area contributed by atoms with Gasteiger partial charge in [0.25, 0.3) is 0 Å². The summed E-state index contributed by atoms with van der Waals surface area (Å²) in [6.07, 6.45) is 1.13. The van der Waals surface area contributed by atoms with Gasteiger partial charge < -0.3 is 4.90 Å². The Morgan fingerprint density at radius 3 is 2.62 bits per heavy atom. The van der Waals surface area contributed by atoms with Gasteiger partial charge in [-0.15, -0.1) is 0 Å². The van der Waals surface area contributed by atoms with Crippen molar-refractivity contribution in [3.8, 4) is 0 Å². The summed E-state index contributed by atoms with van der Waals surface area (Å²) in [5.41, 5.74) is 1.99. The normalized spacial score (nSPS) is 13.4. The van der Waals surface area contributed by atoms with Crippen LogP contribution in [0.1, 0.15) is 24.7 Å². The van der Waals surface area contributed by atoms with Crippen LogP contribution in [0, 0.1) is 6.92 Å². The maximum atomic E-state index is 6.20. The van der Waals surface area contributed by atoms with Crippen LogP contribution in [0.4, 0.5) is 0 Å². The first-order valence-electron chi connectivity index (χ1n) is 5.42.